The second kappa shape index (κ2) is 4.94. The Hall–Kier alpha value is -1.61. The summed E-state index contributed by atoms with van der Waals surface area (Å²) in [5.74, 6) is 0.821. The molecule has 0 fully saturated rings. The van der Waals surface area contributed by atoms with Crippen molar-refractivity contribution in [1.29, 1.82) is 0 Å². The highest BCUT2D eigenvalue weighted by molar-refractivity contribution is 5.79. The molecule has 2 aromatic rings. The van der Waals surface area contributed by atoms with Gasteiger partial charge in [0.25, 0.3) is 0 Å². The molecule has 1 aromatic carbocycles. The average molecular weight is 217 g/mol. The number of hydrogen-bond donors (Lipinski definition) is 1. The third-order valence-electron chi connectivity index (χ3n) is 2.45. The fourth-order valence-electron chi connectivity index (χ4n) is 1.60. The van der Waals surface area contributed by atoms with Gasteiger partial charge in [-0.1, -0.05) is 6.07 Å². The maximum atomic E-state index is 8.80. The second-order valence-electron chi connectivity index (χ2n) is 3.80. The van der Waals surface area contributed by atoms with Crippen molar-refractivity contribution in [3.05, 3.63) is 36.5 Å². The molecule has 0 bridgehead atoms. The number of rotatable bonds is 4. The van der Waals surface area contributed by atoms with Crippen molar-refractivity contribution in [2.24, 2.45) is 0 Å². The number of aliphatic hydroxyl groups excluding tert-OH is 1. The molecular formula is C13H15NO2. The van der Waals surface area contributed by atoms with Crippen molar-refractivity contribution in [1.82, 2.24) is 4.98 Å². The highest BCUT2D eigenvalue weighted by Crippen LogP contribution is 2.20. The zero-order chi connectivity index (χ0) is 11.4. The van der Waals surface area contributed by atoms with E-state index in [4.69, 9.17) is 9.84 Å². The Kier molecular flexibility index (Phi) is 3.37. The van der Waals surface area contributed by atoms with Gasteiger partial charge in [-0.25, -0.2) is 0 Å². The number of ether oxygens (including phenoxy) is 1. The minimum Gasteiger partial charge on any atom is -0.491 e. The SMILES string of the molecule is CC(CCO)Oc1ccc2ncccc2c1. The predicted molar refractivity (Wildman–Crippen MR) is 63.5 cm³/mol. The van der Waals surface area contributed by atoms with Crippen LogP contribution in [0, 0.1) is 0 Å². The van der Waals surface area contributed by atoms with Crippen LogP contribution in [0.25, 0.3) is 10.9 Å². The summed E-state index contributed by atoms with van der Waals surface area (Å²) in [7, 11) is 0. The van der Waals surface area contributed by atoms with Gasteiger partial charge in [0.2, 0.25) is 0 Å². The minimum atomic E-state index is 0.0270. The molecule has 1 unspecified atom stereocenters. The molecule has 1 heterocycles. The molecule has 0 saturated heterocycles. The van der Waals surface area contributed by atoms with Gasteiger partial charge in [0.1, 0.15) is 5.75 Å². The van der Waals surface area contributed by atoms with Crippen LogP contribution in [0.2, 0.25) is 0 Å². The van der Waals surface area contributed by atoms with Crippen molar-refractivity contribution in [2.75, 3.05) is 6.61 Å². The number of benzene rings is 1. The summed E-state index contributed by atoms with van der Waals surface area (Å²) in [6.07, 6.45) is 2.45. The molecule has 3 heteroatoms. The maximum Gasteiger partial charge on any atom is 0.120 e. The minimum absolute atomic E-state index is 0.0270. The summed E-state index contributed by atoms with van der Waals surface area (Å²) < 4.78 is 5.68. The van der Waals surface area contributed by atoms with Crippen molar-refractivity contribution >= 4 is 10.9 Å². The summed E-state index contributed by atoms with van der Waals surface area (Å²) in [4.78, 5) is 4.24. The Balaban J connectivity index is 2.19. The van der Waals surface area contributed by atoms with Crippen LogP contribution >= 0.6 is 0 Å². The molecule has 0 aliphatic rings. The van der Waals surface area contributed by atoms with Gasteiger partial charge >= 0.3 is 0 Å². The lowest BCUT2D eigenvalue weighted by Gasteiger charge is -2.13. The Bertz CT molecular complexity index is 470. The first-order chi connectivity index (χ1) is 7.79. The normalized spacial score (nSPS) is 12.6. The van der Waals surface area contributed by atoms with Gasteiger partial charge in [0.05, 0.1) is 11.6 Å². The van der Waals surface area contributed by atoms with Gasteiger partial charge in [0, 0.05) is 24.6 Å². The van der Waals surface area contributed by atoms with E-state index in [1.807, 2.05) is 37.3 Å². The molecule has 3 nitrogen and oxygen atoms in total. The van der Waals surface area contributed by atoms with E-state index in [9.17, 15) is 0 Å². The van der Waals surface area contributed by atoms with Gasteiger partial charge in [0.15, 0.2) is 0 Å². The van der Waals surface area contributed by atoms with Gasteiger partial charge in [-0.3, -0.25) is 4.98 Å². The Morgan fingerprint density at radius 3 is 3.06 bits per heavy atom. The molecule has 0 amide bonds. The Morgan fingerprint density at radius 1 is 1.38 bits per heavy atom. The van der Waals surface area contributed by atoms with Gasteiger partial charge in [-0.2, -0.15) is 0 Å². The monoisotopic (exact) mass is 217 g/mol. The number of aromatic nitrogens is 1. The van der Waals surface area contributed by atoms with E-state index >= 15 is 0 Å². The lowest BCUT2D eigenvalue weighted by molar-refractivity contribution is 0.169. The standard InChI is InChI=1S/C13H15NO2/c1-10(6-8-15)16-12-4-5-13-11(9-12)3-2-7-14-13/h2-5,7,9-10,15H,6,8H2,1H3. The first kappa shape index (κ1) is 10.9. The molecule has 1 atom stereocenters. The molecule has 0 aliphatic carbocycles. The van der Waals surface area contributed by atoms with E-state index in [-0.39, 0.29) is 12.7 Å². The smallest absolute Gasteiger partial charge is 0.120 e. The predicted octanol–water partition coefficient (Wildman–Crippen LogP) is 2.38. The summed E-state index contributed by atoms with van der Waals surface area (Å²) in [5.41, 5.74) is 0.963. The summed E-state index contributed by atoms with van der Waals surface area (Å²) in [5, 5.41) is 9.86. The van der Waals surface area contributed by atoms with E-state index in [1.165, 1.54) is 0 Å². The van der Waals surface area contributed by atoms with Crippen LogP contribution in [0.4, 0.5) is 0 Å². The lowest BCUT2D eigenvalue weighted by Crippen LogP contribution is -2.13. The molecule has 1 aromatic heterocycles. The molecule has 0 saturated carbocycles. The zero-order valence-corrected chi connectivity index (χ0v) is 9.26. The fourth-order valence-corrected chi connectivity index (χ4v) is 1.60. The quantitative estimate of drug-likeness (QED) is 0.855. The number of fused-ring (bicyclic) bond motifs is 1. The molecule has 0 radical (unpaired) electrons. The summed E-state index contributed by atoms with van der Waals surface area (Å²) in [6, 6.07) is 9.73. The van der Waals surface area contributed by atoms with E-state index in [2.05, 4.69) is 4.98 Å². The molecule has 16 heavy (non-hydrogen) atoms. The van der Waals surface area contributed by atoms with Crippen molar-refractivity contribution in [3.8, 4) is 5.75 Å². The maximum absolute atomic E-state index is 8.80. The Morgan fingerprint density at radius 2 is 2.25 bits per heavy atom. The summed E-state index contributed by atoms with van der Waals surface area (Å²) in [6.45, 7) is 2.10. The number of pyridine rings is 1. The Labute approximate surface area is 94.7 Å². The highest BCUT2D eigenvalue weighted by Gasteiger charge is 2.03. The number of aliphatic hydroxyl groups is 1. The van der Waals surface area contributed by atoms with Crippen LogP contribution < -0.4 is 4.74 Å². The number of hydrogen-bond acceptors (Lipinski definition) is 3. The van der Waals surface area contributed by atoms with Crippen LogP contribution in [-0.4, -0.2) is 22.8 Å². The van der Waals surface area contributed by atoms with Gasteiger partial charge in [-0.15, -0.1) is 0 Å². The van der Waals surface area contributed by atoms with Crippen molar-refractivity contribution < 1.29 is 9.84 Å². The van der Waals surface area contributed by atoms with Crippen LogP contribution in [0.1, 0.15) is 13.3 Å². The van der Waals surface area contributed by atoms with Crippen LogP contribution in [0.5, 0.6) is 5.75 Å². The first-order valence-electron chi connectivity index (χ1n) is 5.42. The number of nitrogens with zero attached hydrogens (tertiary/aromatic N) is 1. The second-order valence-corrected chi connectivity index (χ2v) is 3.80. The third kappa shape index (κ3) is 2.49. The topological polar surface area (TPSA) is 42.4 Å². The van der Waals surface area contributed by atoms with Crippen molar-refractivity contribution in [3.63, 3.8) is 0 Å². The first-order valence-corrected chi connectivity index (χ1v) is 5.42. The molecule has 84 valence electrons. The zero-order valence-electron chi connectivity index (χ0n) is 9.26. The largest absolute Gasteiger partial charge is 0.491 e. The van der Waals surface area contributed by atoms with Gasteiger partial charge in [-0.05, 0) is 31.2 Å². The third-order valence-corrected chi connectivity index (χ3v) is 2.45. The summed E-state index contributed by atoms with van der Waals surface area (Å²) >= 11 is 0. The van der Waals surface area contributed by atoms with Crippen LogP contribution in [0.3, 0.4) is 0 Å². The molecule has 2 rings (SSSR count). The molecule has 0 spiro atoms. The molecule has 0 aliphatic heterocycles. The van der Waals surface area contributed by atoms with Crippen LogP contribution in [0.15, 0.2) is 36.5 Å². The van der Waals surface area contributed by atoms with E-state index in [0.29, 0.717) is 6.42 Å². The van der Waals surface area contributed by atoms with Crippen LogP contribution in [-0.2, 0) is 0 Å². The molecular weight excluding hydrogens is 202 g/mol. The molecule has 1 N–H and O–H groups in total. The lowest BCUT2D eigenvalue weighted by atomic mass is 10.2. The van der Waals surface area contributed by atoms with E-state index in [0.717, 1.165) is 16.7 Å². The average Bonchev–Trinajstić information content (AvgIpc) is 2.29. The van der Waals surface area contributed by atoms with E-state index in [1.54, 1.807) is 6.20 Å². The van der Waals surface area contributed by atoms with E-state index < -0.39 is 0 Å². The highest BCUT2D eigenvalue weighted by atomic mass is 16.5. The fraction of sp³-hybridized carbons (Fsp3) is 0.308. The van der Waals surface area contributed by atoms with Gasteiger partial charge < -0.3 is 9.84 Å². The van der Waals surface area contributed by atoms with Crippen molar-refractivity contribution in [2.45, 2.75) is 19.4 Å².